The van der Waals surface area contributed by atoms with Gasteiger partial charge in [-0.05, 0) is 63.3 Å². The number of ether oxygens (including phenoxy) is 1. The van der Waals surface area contributed by atoms with Crippen LogP contribution in [0.3, 0.4) is 0 Å². The zero-order valence-electron chi connectivity index (χ0n) is 15.3. The number of nitrogens with one attached hydrogen (secondary N) is 1. The second-order valence-electron chi connectivity index (χ2n) is 6.23. The number of esters is 1. The fraction of sp³-hybridized carbons (Fsp3) is 0.350. The third-order valence-electron chi connectivity index (χ3n) is 4.26. The Bertz CT molecular complexity index is 906. The summed E-state index contributed by atoms with van der Waals surface area (Å²) >= 11 is 1.41. The Morgan fingerprint density at radius 2 is 2.00 bits per heavy atom. The van der Waals surface area contributed by atoms with Crippen molar-refractivity contribution in [3.8, 4) is 0 Å². The molecule has 0 aromatic carbocycles. The Morgan fingerprint density at radius 3 is 2.70 bits per heavy atom. The van der Waals surface area contributed by atoms with Gasteiger partial charge in [-0.1, -0.05) is 0 Å². The molecule has 3 rings (SSSR count). The average molecular weight is 387 g/mol. The molecule has 0 saturated heterocycles. The molecule has 0 spiro atoms. The maximum Gasteiger partial charge on any atom is 0.341 e. The number of hydrogen-bond donors (Lipinski definition) is 1. The van der Waals surface area contributed by atoms with Gasteiger partial charge in [0.1, 0.15) is 10.8 Å². The molecule has 1 aliphatic rings. The summed E-state index contributed by atoms with van der Waals surface area (Å²) in [5, 5.41) is 3.21. The Balaban J connectivity index is 1.77. The molecule has 0 fully saturated rings. The van der Waals surface area contributed by atoms with Crippen LogP contribution < -0.4 is 5.32 Å². The van der Waals surface area contributed by atoms with Crippen molar-refractivity contribution in [1.82, 2.24) is 0 Å². The number of carbonyl (C=O) groups is 3. The minimum absolute atomic E-state index is 0.176. The van der Waals surface area contributed by atoms with Gasteiger partial charge in [-0.3, -0.25) is 9.59 Å². The van der Waals surface area contributed by atoms with E-state index in [0.29, 0.717) is 16.3 Å². The molecule has 1 aliphatic carbocycles. The van der Waals surface area contributed by atoms with E-state index in [2.05, 4.69) is 5.32 Å². The predicted octanol–water partition coefficient (Wildman–Crippen LogP) is 4.08. The second-order valence-corrected chi connectivity index (χ2v) is 7.34. The van der Waals surface area contributed by atoms with Crippen molar-refractivity contribution in [3.63, 3.8) is 0 Å². The summed E-state index contributed by atoms with van der Waals surface area (Å²) in [4.78, 5) is 37.8. The number of ketones is 1. The zero-order valence-corrected chi connectivity index (χ0v) is 16.1. The Morgan fingerprint density at radius 1 is 1.22 bits per heavy atom. The van der Waals surface area contributed by atoms with Gasteiger partial charge in [0.15, 0.2) is 5.76 Å². The zero-order chi connectivity index (χ0) is 19.4. The third kappa shape index (κ3) is 4.36. The number of anilines is 1. The van der Waals surface area contributed by atoms with Gasteiger partial charge in [-0.25, -0.2) is 4.79 Å². The number of amides is 1. The summed E-state index contributed by atoms with van der Waals surface area (Å²) in [7, 11) is 0. The molecular formula is C20H21NO5S. The van der Waals surface area contributed by atoms with Crippen LogP contribution in [-0.4, -0.2) is 24.3 Å². The number of thiophene rings is 1. The fourth-order valence-electron chi connectivity index (χ4n) is 3.03. The summed E-state index contributed by atoms with van der Waals surface area (Å²) in [5.41, 5.74) is 1.43. The van der Waals surface area contributed by atoms with Crippen LogP contribution in [0.15, 0.2) is 28.7 Å². The van der Waals surface area contributed by atoms with Gasteiger partial charge in [-0.2, -0.15) is 0 Å². The van der Waals surface area contributed by atoms with E-state index < -0.39 is 17.7 Å². The highest BCUT2D eigenvalue weighted by Crippen LogP contribution is 2.38. The van der Waals surface area contributed by atoms with Crippen molar-refractivity contribution >= 4 is 34.0 Å². The predicted molar refractivity (Wildman–Crippen MR) is 102 cm³/mol. The summed E-state index contributed by atoms with van der Waals surface area (Å²) in [6.45, 7) is 3.76. The van der Waals surface area contributed by atoms with E-state index in [1.54, 1.807) is 26.0 Å². The van der Waals surface area contributed by atoms with Gasteiger partial charge >= 0.3 is 5.97 Å². The van der Waals surface area contributed by atoms with Gasteiger partial charge < -0.3 is 14.5 Å². The molecular weight excluding hydrogens is 366 g/mol. The lowest BCUT2D eigenvalue weighted by Gasteiger charge is -2.12. The maximum absolute atomic E-state index is 12.4. The molecule has 0 atom stereocenters. The lowest BCUT2D eigenvalue weighted by molar-refractivity contribution is -0.111. The van der Waals surface area contributed by atoms with E-state index in [0.717, 1.165) is 48.3 Å². The summed E-state index contributed by atoms with van der Waals surface area (Å²) in [6, 6.07) is 3.25. The number of rotatable bonds is 6. The van der Waals surface area contributed by atoms with Crippen molar-refractivity contribution in [2.24, 2.45) is 0 Å². The van der Waals surface area contributed by atoms with E-state index in [1.807, 2.05) is 0 Å². The second kappa shape index (κ2) is 8.35. The number of hydrogen-bond acceptors (Lipinski definition) is 6. The van der Waals surface area contributed by atoms with Crippen LogP contribution in [0, 0.1) is 6.92 Å². The lowest BCUT2D eigenvalue weighted by atomic mass is 9.95. The quantitative estimate of drug-likeness (QED) is 0.458. The third-order valence-corrected chi connectivity index (χ3v) is 5.46. The first-order valence-corrected chi connectivity index (χ1v) is 9.72. The molecule has 0 unspecified atom stereocenters. The van der Waals surface area contributed by atoms with Crippen LogP contribution in [-0.2, 0) is 22.4 Å². The lowest BCUT2D eigenvalue weighted by Crippen LogP contribution is -2.14. The summed E-state index contributed by atoms with van der Waals surface area (Å²) in [6.07, 6.45) is 6.09. The molecule has 0 aliphatic heterocycles. The van der Waals surface area contributed by atoms with Gasteiger partial charge in [0.05, 0.1) is 12.2 Å². The van der Waals surface area contributed by atoms with Crippen LogP contribution >= 0.6 is 11.3 Å². The molecule has 2 aromatic rings. The van der Waals surface area contributed by atoms with E-state index in [-0.39, 0.29) is 12.4 Å². The molecule has 0 bridgehead atoms. The number of furan rings is 1. The summed E-state index contributed by atoms with van der Waals surface area (Å²) in [5.74, 6) is -0.488. The molecule has 6 nitrogen and oxygen atoms in total. The normalized spacial score (nSPS) is 13.4. The molecule has 0 radical (unpaired) electrons. The van der Waals surface area contributed by atoms with Crippen molar-refractivity contribution in [3.05, 3.63) is 51.8 Å². The SMILES string of the molecule is CCOC(=O)c1c(NC(=O)C=CC(=O)c2ccc(C)o2)sc2c1CCCC2. The van der Waals surface area contributed by atoms with E-state index in [1.165, 1.54) is 11.3 Å². The van der Waals surface area contributed by atoms with Crippen molar-refractivity contribution in [1.29, 1.82) is 0 Å². The molecule has 2 aromatic heterocycles. The highest BCUT2D eigenvalue weighted by Gasteiger charge is 2.26. The largest absolute Gasteiger partial charge is 0.462 e. The van der Waals surface area contributed by atoms with E-state index >= 15 is 0 Å². The fourth-order valence-corrected chi connectivity index (χ4v) is 4.31. The van der Waals surface area contributed by atoms with Crippen LogP contribution in [0.4, 0.5) is 5.00 Å². The number of aryl methyl sites for hydroxylation is 2. The van der Waals surface area contributed by atoms with Gasteiger partial charge in [0.25, 0.3) is 0 Å². The van der Waals surface area contributed by atoms with Gasteiger partial charge in [0, 0.05) is 11.0 Å². The Hall–Kier alpha value is -2.67. The maximum atomic E-state index is 12.4. The smallest absolute Gasteiger partial charge is 0.341 e. The molecule has 27 heavy (non-hydrogen) atoms. The average Bonchev–Trinajstić information content (AvgIpc) is 3.23. The molecule has 2 heterocycles. The molecule has 1 N–H and O–H groups in total. The standard InChI is InChI=1S/C20H21NO5S/c1-3-25-20(24)18-13-6-4-5-7-16(13)27-19(18)21-17(23)11-9-14(22)15-10-8-12(2)26-15/h8-11H,3-7H2,1-2H3,(H,21,23). The van der Waals surface area contributed by atoms with E-state index in [9.17, 15) is 14.4 Å². The summed E-state index contributed by atoms with van der Waals surface area (Å²) < 4.78 is 10.4. The first-order valence-electron chi connectivity index (χ1n) is 8.91. The molecule has 142 valence electrons. The van der Waals surface area contributed by atoms with Crippen LogP contribution in [0.5, 0.6) is 0 Å². The van der Waals surface area contributed by atoms with Gasteiger partial charge in [0.2, 0.25) is 11.7 Å². The molecule has 7 heteroatoms. The number of fused-ring (bicyclic) bond motifs is 1. The van der Waals surface area contributed by atoms with Gasteiger partial charge in [-0.15, -0.1) is 11.3 Å². The highest BCUT2D eigenvalue weighted by molar-refractivity contribution is 7.17. The monoisotopic (exact) mass is 387 g/mol. The van der Waals surface area contributed by atoms with Crippen LogP contribution in [0.2, 0.25) is 0 Å². The van der Waals surface area contributed by atoms with Crippen molar-refractivity contribution in [2.75, 3.05) is 11.9 Å². The number of carbonyl (C=O) groups excluding carboxylic acids is 3. The molecule has 1 amide bonds. The Labute approximate surface area is 161 Å². The van der Waals surface area contributed by atoms with E-state index in [4.69, 9.17) is 9.15 Å². The topological polar surface area (TPSA) is 85.6 Å². The number of allylic oxidation sites excluding steroid dienone is 1. The Kier molecular flexibility index (Phi) is 5.91. The highest BCUT2D eigenvalue weighted by atomic mass is 32.1. The first kappa shape index (κ1) is 19.1. The minimum Gasteiger partial charge on any atom is -0.462 e. The van der Waals surface area contributed by atoms with Crippen LogP contribution in [0.25, 0.3) is 0 Å². The van der Waals surface area contributed by atoms with Crippen LogP contribution in [0.1, 0.15) is 56.9 Å². The first-order chi connectivity index (χ1) is 13.0. The molecule has 0 saturated carbocycles. The van der Waals surface area contributed by atoms with Crippen molar-refractivity contribution < 1.29 is 23.5 Å². The minimum atomic E-state index is -0.476. The van der Waals surface area contributed by atoms with Crippen molar-refractivity contribution in [2.45, 2.75) is 39.5 Å².